The molecule has 5 heteroatoms. The summed E-state index contributed by atoms with van der Waals surface area (Å²) in [5, 5.41) is 11.6. The minimum Gasteiger partial charge on any atom is -0.424 e. The fraction of sp³-hybridized carbons (Fsp3) is 0.273. The Bertz CT molecular complexity index is 496. The first-order valence-electron chi connectivity index (χ1n) is 4.95. The summed E-state index contributed by atoms with van der Waals surface area (Å²) in [6.07, 6.45) is 0. The van der Waals surface area contributed by atoms with Crippen molar-refractivity contribution in [2.75, 3.05) is 5.32 Å². The van der Waals surface area contributed by atoms with E-state index in [0.717, 1.165) is 16.3 Å². The standard InChI is InChI=1S/C11H12ClN3O/c1-7-9(12)4-3-5-10(7)13-6-11-15-14-8(2)16-11/h3-5,13H,6H2,1-2H3. The van der Waals surface area contributed by atoms with Crippen LogP contribution in [0.15, 0.2) is 22.6 Å². The molecule has 2 rings (SSSR count). The highest BCUT2D eigenvalue weighted by Gasteiger charge is 2.04. The first-order valence-corrected chi connectivity index (χ1v) is 5.32. The van der Waals surface area contributed by atoms with Crippen LogP contribution in [0.5, 0.6) is 0 Å². The third-order valence-corrected chi connectivity index (χ3v) is 2.68. The van der Waals surface area contributed by atoms with E-state index in [0.29, 0.717) is 18.3 Å². The molecule has 0 bridgehead atoms. The molecule has 0 aliphatic carbocycles. The van der Waals surface area contributed by atoms with Crippen LogP contribution < -0.4 is 5.32 Å². The largest absolute Gasteiger partial charge is 0.424 e. The van der Waals surface area contributed by atoms with Gasteiger partial charge in [-0.1, -0.05) is 17.7 Å². The van der Waals surface area contributed by atoms with Crippen molar-refractivity contribution in [1.82, 2.24) is 10.2 Å². The number of hydrogen-bond acceptors (Lipinski definition) is 4. The number of aryl methyl sites for hydroxylation is 1. The number of nitrogens with zero attached hydrogens (tertiary/aromatic N) is 2. The highest BCUT2D eigenvalue weighted by Crippen LogP contribution is 2.23. The SMILES string of the molecule is Cc1nnc(CNc2cccc(Cl)c2C)o1. The predicted molar refractivity (Wildman–Crippen MR) is 62.6 cm³/mol. The molecule has 0 atom stereocenters. The van der Waals surface area contributed by atoms with Crippen molar-refractivity contribution in [2.24, 2.45) is 0 Å². The van der Waals surface area contributed by atoms with Gasteiger partial charge in [-0.15, -0.1) is 10.2 Å². The number of halogens is 1. The molecule has 84 valence electrons. The molecule has 1 N–H and O–H groups in total. The second-order valence-corrected chi connectivity index (χ2v) is 3.89. The number of anilines is 1. The van der Waals surface area contributed by atoms with Crippen LogP contribution in [0.4, 0.5) is 5.69 Å². The van der Waals surface area contributed by atoms with Crippen LogP contribution in [0.1, 0.15) is 17.3 Å². The summed E-state index contributed by atoms with van der Waals surface area (Å²) >= 11 is 6.01. The summed E-state index contributed by atoms with van der Waals surface area (Å²) in [4.78, 5) is 0. The van der Waals surface area contributed by atoms with Crippen molar-refractivity contribution in [1.29, 1.82) is 0 Å². The van der Waals surface area contributed by atoms with Gasteiger partial charge in [0.05, 0.1) is 6.54 Å². The van der Waals surface area contributed by atoms with Crippen molar-refractivity contribution in [3.05, 3.63) is 40.6 Å². The number of rotatable bonds is 3. The monoisotopic (exact) mass is 237 g/mol. The van der Waals surface area contributed by atoms with Crippen LogP contribution in [0.3, 0.4) is 0 Å². The molecule has 0 saturated carbocycles. The minimum absolute atomic E-state index is 0.502. The van der Waals surface area contributed by atoms with Crippen molar-refractivity contribution in [3.63, 3.8) is 0 Å². The second kappa shape index (κ2) is 4.53. The molecule has 16 heavy (non-hydrogen) atoms. The van der Waals surface area contributed by atoms with Gasteiger partial charge in [0, 0.05) is 17.6 Å². The Morgan fingerprint density at radius 1 is 1.31 bits per heavy atom. The van der Waals surface area contributed by atoms with E-state index in [2.05, 4.69) is 15.5 Å². The molecule has 0 amide bonds. The molecule has 0 fully saturated rings. The zero-order chi connectivity index (χ0) is 11.5. The lowest BCUT2D eigenvalue weighted by atomic mass is 10.2. The molecular formula is C11H12ClN3O. The number of nitrogens with one attached hydrogen (secondary N) is 1. The van der Waals surface area contributed by atoms with Gasteiger partial charge in [0.2, 0.25) is 11.8 Å². The van der Waals surface area contributed by atoms with Crippen molar-refractivity contribution in [2.45, 2.75) is 20.4 Å². The van der Waals surface area contributed by atoms with Gasteiger partial charge in [-0.2, -0.15) is 0 Å². The van der Waals surface area contributed by atoms with E-state index in [4.69, 9.17) is 16.0 Å². The molecule has 1 aromatic carbocycles. The number of hydrogen-bond donors (Lipinski definition) is 1. The Labute approximate surface area is 98.6 Å². The lowest BCUT2D eigenvalue weighted by Gasteiger charge is -2.08. The molecular weight excluding hydrogens is 226 g/mol. The molecule has 0 aliphatic rings. The maximum Gasteiger partial charge on any atom is 0.235 e. The fourth-order valence-corrected chi connectivity index (χ4v) is 1.55. The van der Waals surface area contributed by atoms with E-state index in [9.17, 15) is 0 Å². The average molecular weight is 238 g/mol. The minimum atomic E-state index is 0.502. The summed E-state index contributed by atoms with van der Waals surface area (Å²) in [7, 11) is 0. The lowest BCUT2D eigenvalue weighted by molar-refractivity contribution is 0.475. The van der Waals surface area contributed by atoms with Gasteiger partial charge in [-0.25, -0.2) is 0 Å². The van der Waals surface area contributed by atoms with Crippen LogP contribution in [0, 0.1) is 13.8 Å². The van der Waals surface area contributed by atoms with Crippen molar-refractivity contribution in [3.8, 4) is 0 Å². The molecule has 0 aliphatic heterocycles. The average Bonchev–Trinajstić information content (AvgIpc) is 2.67. The molecule has 0 radical (unpaired) electrons. The molecule has 1 heterocycles. The van der Waals surface area contributed by atoms with E-state index in [1.807, 2.05) is 25.1 Å². The van der Waals surface area contributed by atoms with E-state index in [1.165, 1.54) is 0 Å². The first kappa shape index (κ1) is 11.0. The van der Waals surface area contributed by atoms with E-state index in [-0.39, 0.29) is 0 Å². The van der Waals surface area contributed by atoms with E-state index in [1.54, 1.807) is 6.92 Å². The van der Waals surface area contributed by atoms with Gasteiger partial charge in [0.1, 0.15) is 0 Å². The van der Waals surface area contributed by atoms with Gasteiger partial charge in [-0.05, 0) is 24.6 Å². The van der Waals surface area contributed by atoms with Gasteiger partial charge in [0.15, 0.2) is 0 Å². The third kappa shape index (κ3) is 2.33. The summed E-state index contributed by atoms with van der Waals surface area (Å²) in [5.74, 6) is 1.14. The highest BCUT2D eigenvalue weighted by atomic mass is 35.5. The maximum absolute atomic E-state index is 6.01. The zero-order valence-corrected chi connectivity index (χ0v) is 9.88. The smallest absolute Gasteiger partial charge is 0.235 e. The van der Waals surface area contributed by atoms with Crippen LogP contribution in [-0.2, 0) is 6.54 Å². The zero-order valence-electron chi connectivity index (χ0n) is 9.12. The van der Waals surface area contributed by atoms with Crippen molar-refractivity contribution < 1.29 is 4.42 Å². The molecule has 2 aromatic rings. The molecule has 0 spiro atoms. The highest BCUT2D eigenvalue weighted by molar-refractivity contribution is 6.31. The summed E-state index contributed by atoms with van der Waals surface area (Å²) in [6, 6.07) is 5.72. The topological polar surface area (TPSA) is 51.0 Å². The van der Waals surface area contributed by atoms with Gasteiger partial charge >= 0.3 is 0 Å². The molecule has 4 nitrogen and oxygen atoms in total. The van der Waals surface area contributed by atoms with Gasteiger partial charge in [-0.3, -0.25) is 0 Å². The van der Waals surface area contributed by atoms with Gasteiger partial charge < -0.3 is 9.73 Å². The maximum atomic E-state index is 6.01. The summed E-state index contributed by atoms with van der Waals surface area (Å²) < 4.78 is 5.26. The van der Waals surface area contributed by atoms with Crippen LogP contribution >= 0.6 is 11.6 Å². The number of benzene rings is 1. The second-order valence-electron chi connectivity index (χ2n) is 3.48. The van der Waals surface area contributed by atoms with E-state index >= 15 is 0 Å². The fourth-order valence-electron chi connectivity index (χ4n) is 1.38. The Balaban J connectivity index is 2.07. The molecule has 1 aromatic heterocycles. The van der Waals surface area contributed by atoms with Crippen LogP contribution in [0.2, 0.25) is 5.02 Å². The first-order chi connectivity index (χ1) is 7.66. The Morgan fingerprint density at radius 2 is 2.12 bits per heavy atom. The quantitative estimate of drug-likeness (QED) is 0.892. The molecule has 0 saturated heterocycles. The summed E-state index contributed by atoms with van der Waals surface area (Å²) in [6.45, 7) is 4.23. The van der Waals surface area contributed by atoms with Crippen LogP contribution in [-0.4, -0.2) is 10.2 Å². The Morgan fingerprint density at radius 3 is 2.81 bits per heavy atom. The lowest BCUT2D eigenvalue weighted by Crippen LogP contribution is -2.01. The third-order valence-electron chi connectivity index (χ3n) is 2.27. The van der Waals surface area contributed by atoms with Crippen molar-refractivity contribution >= 4 is 17.3 Å². The number of aromatic nitrogens is 2. The Kier molecular flexibility index (Phi) is 3.10. The van der Waals surface area contributed by atoms with Crippen LogP contribution in [0.25, 0.3) is 0 Å². The van der Waals surface area contributed by atoms with Gasteiger partial charge in [0.25, 0.3) is 0 Å². The van der Waals surface area contributed by atoms with E-state index < -0.39 is 0 Å². The Hall–Kier alpha value is -1.55. The molecule has 0 unspecified atom stereocenters. The predicted octanol–water partition coefficient (Wildman–Crippen LogP) is 2.95. The summed E-state index contributed by atoms with van der Waals surface area (Å²) in [5.41, 5.74) is 1.99. The normalized spacial score (nSPS) is 10.4.